The van der Waals surface area contributed by atoms with Crippen molar-refractivity contribution in [2.45, 2.75) is 84.2 Å². The van der Waals surface area contributed by atoms with Crippen LogP contribution in [0.2, 0.25) is 0 Å². The Morgan fingerprint density at radius 2 is 1.77 bits per heavy atom. The number of amides is 3. The lowest BCUT2D eigenvalue weighted by Gasteiger charge is -2.36. The van der Waals surface area contributed by atoms with Crippen molar-refractivity contribution < 1.29 is 24.2 Å². The summed E-state index contributed by atoms with van der Waals surface area (Å²) in [4.78, 5) is 45.6. The van der Waals surface area contributed by atoms with Gasteiger partial charge in [0.05, 0.1) is 17.8 Å². The van der Waals surface area contributed by atoms with Crippen LogP contribution >= 0.6 is 0 Å². The molecule has 2 aromatic rings. The molecule has 1 aromatic heterocycles. The highest BCUT2D eigenvalue weighted by atomic mass is 16.6. The van der Waals surface area contributed by atoms with Gasteiger partial charge in [-0.1, -0.05) is 49.4 Å². The molecular weight excluding hydrogens is 550 g/mol. The van der Waals surface area contributed by atoms with Crippen molar-refractivity contribution in [2.24, 2.45) is 5.92 Å². The van der Waals surface area contributed by atoms with Crippen LogP contribution in [-0.4, -0.2) is 110 Å². The molecule has 0 spiro atoms. The van der Waals surface area contributed by atoms with E-state index in [2.05, 4.69) is 20.5 Å². The smallest absolute Gasteiger partial charge is 0.410 e. The SMILES string of the molecule is Cc1cn([C@H](C(=O)N2C[C@H](O)C[C@H]2C(=O)N[C@@H](CCN2CCN(C(=O)OC(C)(C)C)CC2)c2ccccc2)C(C)C)nn1. The van der Waals surface area contributed by atoms with Crippen LogP contribution in [0, 0.1) is 12.8 Å². The highest BCUT2D eigenvalue weighted by Gasteiger charge is 2.43. The van der Waals surface area contributed by atoms with Crippen LogP contribution < -0.4 is 5.32 Å². The van der Waals surface area contributed by atoms with E-state index in [1.807, 2.05) is 71.9 Å². The Labute approximate surface area is 254 Å². The number of aliphatic hydroxyl groups excluding tert-OH is 1. The van der Waals surface area contributed by atoms with Crippen LogP contribution in [0.1, 0.15) is 70.8 Å². The van der Waals surface area contributed by atoms with E-state index in [0.29, 0.717) is 38.3 Å². The number of aromatic nitrogens is 3. The number of aliphatic hydroxyl groups is 1. The monoisotopic (exact) mass is 597 g/mol. The molecule has 0 unspecified atom stereocenters. The zero-order chi connectivity index (χ0) is 31.3. The highest BCUT2D eigenvalue weighted by Crippen LogP contribution is 2.28. The number of piperazine rings is 1. The molecule has 2 fully saturated rings. The third kappa shape index (κ3) is 8.54. The summed E-state index contributed by atoms with van der Waals surface area (Å²) in [5, 5.41) is 21.9. The van der Waals surface area contributed by atoms with Crippen molar-refractivity contribution in [3.63, 3.8) is 0 Å². The molecule has 4 atom stereocenters. The summed E-state index contributed by atoms with van der Waals surface area (Å²) >= 11 is 0. The molecule has 2 N–H and O–H groups in total. The molecule has 0 aliphatic carbocycles. The van der Waals surface area contributed by atoms with E-state index in [1.165, 1.54) is 4.90 Å². The molecule has 12 heteroatoms. The number of hydrogen-bond donors (Lipinski definition) is 2. The number of carbonyl (C=O) groups excluding carboxylic acids is 3. The van der Waals surface area contributed by atoms with Gasteiger partial charge in [-0.2, -0.15) is 0 Å². The van der Waals surface area contributed by atoms with Crippen LogP contribution in [-0.2, 0) is 14.3 Å². The second kappa shape index (κ2) is 13.9. The summed E-state index contributed by atoms with van der Waals surface area (Å²) in [6.07, 6.45) is 1.47. The molecule has 1 aromatic carbocycles. The van der Waals surface area contributed by atoms with Gasteiger partial charge in [0.15, 0.2) is 0 Å². The molecular formula is C31H47N7O5. The Bertz CT molecular complexity index is 1240. The molecule has 43 heavy (non-hydrogen) atoms. The first kappa shape index (κ1) is 32.4. The second-order valence-electron chi connectivity index (χ2n) is 13.0. The maximum absolute atomic E-state index is 13.8. The van der Waals surface area contributed by atoms with E-state index < -0.39 is 23.8 Å². The summed E-state index contributed by atoms with van der Waals surface area (Å²) in [7, 11) is 0. The number of ether oxygens (including phenoxy) is 1. The van der Waals surface area contributed by atoms with Crippen molar-refractivity contribution in [1.29, 1.82) is 0 Å². The predicted octanol–water partition coefficient (Wildman–Crippen LogP) is 2.55. The lowest BCUT2D eigenvalue weighted by Crippen LogP contribution is -2.51. The fourth-order valence-corrected chi connectivity index (χ4v) is 5.75. The number of likely N-dealkylation sites (tertiary alicyclic amines) is 1. The quantitative estimate of drug-likeness (QED) is 0.451. The summed E-state index contributed by atoms with van der Waals surface area (Å²) in [5.41, 5.74) is 1.14. The number of hydrogen-bond acceptors (Lipinski definition) is 8. The second-order valence-corrected chi connectivity index (χ2v) is 13.0. The van der Waals surface area contributed by atoms with Crippen LogP contribution in [0.4, 0.5) is 4.79 Å². The first-order valence-corrected chi connectivity index (χ1v) is 15.2. The van der Waals surface area contributed by atoms with Gasteiger partial charge in [0.25, 0.3) is 0 Å². The molecule has 0 saturated carbocycles. The standard InChI is InChI=1S/C31H47N7O5/c1-21(2)27(38-19-22(3)33-34-38)29(41)37-20-24(39)18-26(37)28(40)32-25(23-10-8-7-9-11-23)12-13-35-14-16-36(17-15-35)30(42)43-31(4,5)6/h7-11,19,21,24-27,39H,12-18,20H2,1-6H3,(H,32,40)/t24-,25+,26+,27+/m1/s1. The van der Waals surface area contributed by atoms with E-state index in [9.17, 15) is 19.5 Å². The Balaban J connectivity index is 1.42. The van der Waals surface area contributed by atoms with Gasteiger partial charge in [-0.05, 0) is 45.6 Å². The zero-order valence-electron chi connectivity index (χ0n) is 26.3. The summed E-state index contributed by atoms with van der Waals surface area (Å²) < 4.78 is 7.07. The van der Waals surface area contributed by atoms with Gasteiger partial charge in [0, 0.05) is 51.9 Å². The van der Waals surface area contributed by atoms with Crippen molar-refractivity contribution in [2.75, 3.05) is 39.3 Å². The molecule has 236 valence electrons. The first-order valence-electron chi connectivity index (χ1n) is 15.2. The van der Waals surface area contributed by atoms with E-state index in [1.54, 1.807) is 15.8 Å². The molecule has 3 heterocycles. The number of β-amino-alcohol motifs (C(OH)–C–C–N with tert-alkyl or cyclic N) is 1. The number of nitrogens with zero attached hydrogens (tertiary/aromatic N) is 6. The van der Waals surface area contributed by atoms with Gasteiger partial charge in [-0.25, -0.2) is 9.48 Å². The molecule has 2 saturated heterocycles. The van der Waals surface area contributed by atoms with Crippen LogP contribution in [0.25, 0.3) is 0 Å². The van der Waals surface area contributed by atoms with Gasteiger partial charge >= 0.3 is 6.09 Å². The third-order valence-corrected chi connectivity index (χ3v) is 7.94. The maximum atomic E-state index is 13.8. The Morgan fingerprint density at radius 3 is 2.35 bits per heavy atom. The molecule has 2 aliphatic rings. The van der Waals surface area contributed by atoms with Gasteiger partial charge in [-0.15, -0.1) is 5.10 Å². The molecule has 12 nitrogen and oxygen atoms in total. The average molecular weight is 598 g/mol. The van der Waals surface area contributed by atoms with Crippen molar-refractivity contribution >= 4 is 17.9 Å². The maximum Gasteiger partial charge on any atom is 0.410 e. The lowest BCUT2D eigenvalue weighted by atomic mass is 10.0. The lowest BCUT2D eigenvalue weighted by molar-refractivity contribution is -0.142. The predicted molar refractivity (Wildman–Crippen MR) is 161 cm³/mol. The van der Waals surface area contributed by atoms with Gasteiger partial charge in [0.1, 0.15) is 17.7 Å². The minimum absolute atomic E-state index is 0.0890. The van der Waals surface area contributed by atoms with Crippen molar-refractivity contribution in [1.82, 2.24) is 35.0 Å². The van der Waals surface area contributed by atoms with E-state index in [0.717, 1.165) is 12.1 Å². The van der Waals surface area contributed by atoms with Gasteiger partial charge in [0.2, 0.25) is 11.8 Å². The molecule has 0 radical (unpaired) electrons. The fraction of sp³-hybridized carbons (Fsp3) is 0.645. The van der Waals surface area contributed by atoms with Gasteiger partial charge in [-0.3, -0.25) is 14.5 Å². The number of carbonyl (C=O) groups is 3. The number of rotatable bonds is 9. The summed E-state index contributed by atoms with van der Waals surface area (Å²) in [6.45, 7) is 14.7. The molecule has 3 amide bonds. The number of benzene rings is 1. The summed E-state index contributed by atoms with van der Waals surface area (Å²) in [5.74, 6) is -0.635. The van der Waals surface area contributed by atoms with E-state index >= 15 is 0 Å². The largest absolute Gasteiger partial charge is 0.444 e. The first-order chi connectivity index (χ1) is 20.3. The Hall–Kier alpha value is -3.51. The Kier molecular flexibility index (Phi) is 10.4. The van der Waals surface area contributed by atoms with E-state index in [4.69, 9.17) is 4.74 Å². The average Bonchev–Trinajstić information content (AvgIpc) is 3.55. The highest BCUT2D eigenvalue weighted by molar-refractivity contribution is 5.90. The van der Waals surface area contributed by atoms with Crippen molar-refractivity contribution in [3.05, 3.63) is 47.8 Å². The molecule has 4 rings (SSSR count). The minimum Gasteiger partial charge on any atom is -0.444 e. The minimum atomic E-state index is -0.794. The topological polar surface area (TPSA) is 133 Å². The van der Waals surface area contributed by atoms with Crippen LogP contribution in [0.5, 0.6) is 0 Å². The van der Waals surface area contributed by atoms with Crippen LogP contribution in [0.15, 0.2) is 36.5 Å². The fourth-order valence-electron chi connectivity index (χ4n) is 5.75. The number of nitrogens with one attached hydrogen (secondary N) is 1. The summed E-state index contributed by atoms with van der Waals surface area (Å²) in [6, 6.07) is 8.07. The van der Waals surface area contributed by atoms with Gasteiger partial charge < -0.3 is 25.0 Å². The van der Waals surface area contributed by atoms with Crippen molar-refractivity contribution in [3.8, 4) is 0 Å². The molecule has 0 bridgehead atoms. The van der Waals surface area contributed by atoms with E-state index in [-0.39, 0.29) is 42.8 Å². The van der Waals surface area contributed by atoms with Crippen LogP contribution in [0.3, 0.4) is 0 Å². The molecule has 2 aliphatic heterocycles. The zero-order valence-corrected chi connectivity index (χ0v) is 26.3. The Morgan fingerprint density at radius 1 is 1.09 bits per heavy atom. The third-order valence-electron chi connectivity index (χ3n) is 7.94. The normalized spacial score (nSPS) is 21.1. The number of aryl methyl sites for hydroxylation is 1.